The number of aromatic nitrogens is 2. The van der Waals surface area contributed by atoms with Gasteiger partial charge >= 0.3 is 0 Å². The van der Waals surface area contributed by atoms with E-state index in [-0.39, 0.29) is 11.8 Å². The summed E-state index contributed by atoms with van der Waals surface area (Å²) >= 11 is 5.90. The van der Waals surface area contributed by atoms with Crippen molar-refractivity contribution in [1.82, 2.24) is 20.0 Å². The van der Waals surface area contributed by atoms with Crippen LogP contribution in [0.1, 0.15) is 24.8 Å². The maximum absolute atomic E-state index is 12.7. The standard InChI is InChI=1S/C19H23ClN4O2/c1-21-18(26)19(24-13-3-11-22-24)10-2-12-23(14-19)17(25)9-6-15-4-7-16(20)8-5-15/h3-5,7-8,11,13H,2,6,9-10,12,14H2,1H3,(H,21,26). The minimum absolute atomic E-state index is 0.0556. The van der Waals surface area contributed by atoms with Gasteiger partial charge in [0.1, 0.15) is 0 Å². The summed E-state index contributed by atoms with van der Waals surface area (Å²) in [6, 6.07) is 9.33. The monoisotopic (exact) mass is 374 g/mol. The van der Waals surface area contributed by atoms with Gasteiger partial charge in [0, 0.05) is 37.4 Å². The first-order valence-corrected chi connectivity index (χ1v) is 9.17. The highest BCUT2D eigenvalue weighted by Crippen LogP contribution is 2.29. The molecule has 2 aromatic rings. The fraction of sp³-hybridized carbons (Fsp3) is 0.421. The molecule has 2 heterocycles. The Morgan fingerprint density at radius 1 is 1.31 bits per heavy atom. The van der Waals surface area contributed by atoms with Gasteiger partial charge in [-0.15, -0.1) is 0 Å². The van der Waals surface area contributed by atoms with Crippen LogP contribution in [0.5, 0.6) is 0 Å². The van der Waals surface area contributed by atoms with Crippen LogP contribution in [0.4, 0.5) is 0 Å². The van der Waals surface area contributed by atoms with Crippen LogP contribution in [0, 0.1) is 0 Å². The third-order valence-corrected chi connectivity index (χ3v) is 5.21. The third-order valence-electron chi connectivity index (χ3n) is 4.96. The highest BCUT2D eigenvalue weighted by Gasteiger charge is 2.45. The van der Waals surface area contributed by atoms with Crippen molar-refractivity contribution in [3.63, 3.8) is 0 Å². The van der Waals surface area contributed by atoms with Gasteiger partial charge in [-0.25, -0.2) is 0 Å². The summed E-state index contributed by atoms with van der Waals surface area (Å²) < 4.78 is 1.68. The molecule has 1 aliphatic heterocycles. The molecule has 1 unspecified atom stereocenters. The van der Waals surface area contributed by atoms with E-state index in [1.165, 1.54) is 0 Å². The predicted molar refractivity (Wildman–Crippen MR) is 99.9 cm³/mol. The van der Waals surface area contributed by atoms with Gasteiger partial charge in [0.05, 0.1) is 6.54 Å². The number of hydrogen-bond acceptors (Lipinski definition) is 3. The zero-order valence-electron chi connectivity index (χ0n) is 14.8. The van der Waals surface area contributed by atoms with Crippen molar-refractivity contribution in [2.24, 2.45) is 0 Å². The first-order valence-electron chi connectivity index (χ1n) is 8.80. The molecule has 0 bridgehead atoms. The van der Waals surface area contributed by atoms with Crippen LogP contribution >= 0.6 is 11.6 Å². The SMILES string of the molecule is CNC(=O)C1(n2cccn2)CCCN(C(=O)CCc2ccc(Cl)cc2)C1. The van der Waals surface area contributed by atoms with E-state index in [0.717, 1.165) is 12.0 Å². The lowest BCUT2D eigenvalue weighted by Crippen LogP contribution is -2.59. The summed E-state index contributed by atoms with van der Waals surface area (Å²) in [7, 11) is 1.62. The average molecular weight is 375 g/mol. The second-order valence-electron chi connectivity index (χ2n) is 6.61. The molecule has 0 spiro atoms. The second-order valence-corrected chi connectivity index (χ2v) is 7.04. The van der Waals surface area contributed by atoms with Crippen LogP contribution in [0.15, 0.2) is 42.7 Å². The molecule has 1 aromatic carbocycles. The van der Waals surface area contributed by atoms with Gasteiger partial charge in [0.25, 0.3) is 0 Å². The van der Waals surface area contributed by atoms with Crippen LogP contribution in [0.25, 0.3) is 0 Å². The van der Waals surface area contributed by atoms with Crippen LogP contribution < -0.4 is 5.32 Å². The Kier molecular flexibility index (Phi) is 5.61. The average Bonchev–Trinajstić information content (AvgIpc) is 3.22. The normalized spacial score (nSPS) is 20.0. The Labute approximate surface area is 158 Å². The van der Waals surface area contributed by atoms with E-state index in [4.69, 9.17) is 11.6 Å². The number of hydrogen-bond donors (Lipinski definition) is 1. The van der Waals surface area contributed by atoms with Crippen molar-refractivity contribution in [3.8, 4) is 0 Å². The Bertz CT molecular complexity index is 760. The lowest BCUT2D eigenvalue weighted by molar-refractivity contribution is -0.140. The molecule has 0 aliphatic carbocycles. The molecular weight excluding hydrogens is 352 g/mol. The first kappa shape index (κ1) is 18.5. The maximum atomic E-state index is 12.7. The molecule has 1 aliphatic rings. The number of carbonyl (C=O) groups is 2. The van der Waals surface area contributed by atoms with Crippen molar-refractivity contribution >= 4 is 23.4 Å². The number of benzene rings is 1. The van der Waals surface area contributed by atoms with Crippen molar-refractivity contribution in [1.29, 1.82) is 0 Å². The number of halogens is 1. The predicted octanol–water partition coefficient (Wildman–Crippen LogP) is 2.23. The Morgan fingerprint density at radius 2 is 2.08 bits per heavy atom. The largest absolute Gasteiger partial charge is 0.357 e. The minimum Gasteiger partial charge on any atom is -0.357 e. The molecule has 0 saturated carbocycles. The summed E-state index contributed by atoms with van der Waals surface area (Å²) in [6.45, 7) is 1.01. The van der Waals surface area contributed by atoms with Crippen LogP contribution in [0.3, 0.4) is 0 Å². The third kappa shape index (κ3) is 3.75. The molecule has 1 fully saturated rings. The Hall–Kier alpha value is -2.34. The number of piperidine rings is 1. The molecule has 1 atom stereocenters. The second kappa shape index (κ2) is 7.91. The van der Waals surface area contributed by atoms with Gasteiger partial charge in [-0.3, -0.25) is 14.3 Å². The maximum Gasteiger partial charge on any atom is 0.249 e. The number of rotatable bonds is 5. The Morgan fingerprint density at radius 3 is 2.73 bits per heavy atom. The summed E-state index contributed by atoms with van der Waals surface area (Å²) in [4.78, 5) is 27.2. The van der Waals surface area contributed by atoms with Crippen molar-refractivity contribution in [2.75, 3.05) is 20.1 Å². The van der Waals surface area contributed by atoms with Crippen molar-refractivity contribution < 1.29 is 9.59 Å². The summed E-state index contributed by atoms with van der Waals surface area (Å²) in [5, 5.41) is 7.70. The molecule has 1 saturated heterocycles. The number of likely N-dealkylation sites (tertiary alicyclic amines) is 1. The van der Waals surface area contributed by atoms with Crippen molar-refractivity contribution in [2.45, 2.75) is 31.2 Å². The van der Waals surface area contributed by atoms with Gasteiger partial charge in [-0.1, -0.05) is 23.7 Å². The topological polar surface area (TPSA) is 67.2 Å². The number of amides is 2. The molecule has 2 amide bonds. The number of likely N-dealkylation sites (N-methyl/N-ethyl adjacent to an activating group) is 1. The van der Waals surface area contributed by atoms with E-state index in [2.05, 4.69) is 10.4 Å². The van der Waals surface area contributed by atoms with E-state index < -0.39 is 5.54 Å². The van der Waals surface area contributed by atoms with Gasteiger partial charge in [0.2, 0.25) is 11.8 Å². The molecule has 26 heavy (non-hydrogen) atoms. The van der Waals surface area contributed by atoms with Crippen LogP contribution in [-0.4, -0.2) is 46.6 Å². The highest BCUT2D eigenvalue weighted by molar-refractivity contribution is 6.30. The number of aryl methyl sites for hydroxylation is 1. The number of nitrogens with zero attached hydrogens (tertiary/aromatic N) is 3. The van der Waals surface area contributed by atoms with Gasteiger partial charge in [-0.05, 0) is 43.0 Å². The quantitative estimate of drug-likeness (QED) is 0.872. The van der Waals surface area contributed by atoms with Gasteiger partial charge in [-0.2, -0.15) is 5.10 Å². The minimum atomic E-state index is -0.841. The molecule has 3 rings (SSSR count). The summed E-state index contributed by atoms with van der Waals surface area (Å²) in [6.07, 6.45) is 5.93. The lowest BCUT2D eigenvalue weighted by atomic mass is 9.87. The number of nitrogens with one attached hydrogen (secondary N) is 1. The Balaban J connectivity index is 1.71. The molecule has 1 aromatic heterocycles. The van der Waals surface area contributed by atoms with Gasteiger partial charge < -0.3 is 10.2 Å². The molecule has 7 heteroatoms. The molecular formula is C19H23ClN4O2. The van der Waals surface area contributed by atoms with E-state index in [9.17, 15) is 9.59 Å². The van der Waals surface area contributed by atoms with E-state index in [1.54, 1.807) is 35.1 Å². The van der Waals surface area contributed by atoms with Crippen molar-refractivity contribution in [3.05, 3.63) is 53.3 Å². The fourth-order valence-electron chi connectivity index (χ4n) is 3.54. The summed E-state index contributed by atoms with van der Waals surface area (Å²) in [5.41, 5.74) is 0.233. The first-order chi connectivity index (χ1) is 12.5. The summed E-state index contributed by atoms with van der Waals surface area (Å²) in [5.74, 6) is -0.0588. The zero-order valence-corrected chi connectivity index (χ0v) is 15.6. The van der Waals surface area contributed by atoms with E-state index >= 15 is 0 Å². The smallest absolute Gasteiger partial charge is 0.249 e. The zero-order chi connectivity index (χ0) is 18.6. The molecule has 0 radical (unpaired) electrons. The number of carbonyl (C=O) groups excluding carboxylic acids is 2. The lowest BCUT2D eigenvalue weighted by Gasteiger charge is -2.41. The van der Waals surface area contributed by atoms with E-state index in [0.29, 0.717) is 37.4 Å². The fourth-order valence-corrected chi connectivity index (χ4v) is 3.67. The van der Waals surface area contributed by atoms with Gasteiger partial charge in [0.15, 0.2) is 5.54 Å². The van der Waals surface area contributed by atoms with E-state index in [1.807, 2.05) is 24.3 Å². The molecule has 6 nitrogen and oxygen atoms in total. The van der Waals surface area contributed by atoms with Crippen LogP contribution in [-0.2, 0) is 21.5 Å². The molecule has 1 N–H and O–H groups in total. The van der Waals surface area contributed by atoms with Crippen LogP contribution in [0.2, 0.25) is 5.02 Å². The highest BCUT2D eigenvalue weighted by atomic mass is 35.5. The molecule has 138 valence electrons.